The van der Waals surface area contributed by atoms with Crippen molar-refractivity contribution in [1.29, 1.82) is 0 Å². The lowest BCUT2D eigenvalue weighted by Gasteiger charge is -2.14. The molecule has 108 valence electrons. The molecule has 0 spiro atoms. The Morgan fingerprint density at radius 2 is 1.76 bits per heavy atom. The first-order valence-electron chi connectivity index (χ1n) is 6.34. The highest BCUT2D eigenvalue weighted by molar-refractivity contribution is 5.96. The molecule has 1 heterocycles. The average Bonchev–Trinajstić information content (AvgIpc) is 2.49. The summed E-state index contributed by atoms with van der Waals surface area (Å²) in [6.45, 7) is 0. The predicted molar refractivity (Wildman–Crippen MR) is 77.7 cm³/mol. The lowest BCUT2D eigenvalue weighted by molar-refractivity contribution is -0.139. The third-order valence-electron chi connectivity index (χ3n) is 2.97. The Balaban J connectivity index is 2.07. The number of nitrogens with two attached hydrogens (primary N) is 1. The minimum absolute atomic E-state index is 0.187. The first kappa shape index (κ1) is 14.5. The summed E-state index contributed by atoms with van der Waals surface area (Å²) in [5, 5.41) is 11.7. The topological polar surface area (TPSA) is 105 Å². The van der Waals surface area contributed by atoms with Crippen molar-refractivity contribution < 1.29 is 14.7 Å². The van der Waals surface area contributed by atoms with E-state index in [1.807, 2.05) is 0 Å². The van der Waals surface area contributed by atoms with Crippen LogP contribution in [0.1, 0.15) is 15.9 Å². The molecule has 2 aromatic rings. The van der Waals surface area contributed by atoms with Gasteiger partial charge in [0.25, 0.3) is 5.91 Å². The molecular weight excluding hydrogens is 270 g/mol. The van der Waals surface area contributed by atoms with Gasteiger partial charge in [0.2, 0.25) is 0 Å². The van der Waals surface area contributed by atoms with Crippen molar-refractivity contribution in [1.82, 2.24) is 10.3 Å². The fourth-order valence-corrected chi connectivity index (χ4v) is 1.83. The molecule has 0 aliphatic rings. The smallest absolute Gasteiger partial charge is 0.326 e. The molecule has 0 unspecified atom stereocenters. The van der Waals surface area contributed by atoms with Gasteiger partial charge in [-0.1, -0.05) is 12.1 Å². The zero-order valence-electron chi connectivity index (χ0n) is 11.2. The molecule has 6 heteroatoms. The van der Waals surface area contributed by atoms with Gasteiger partial charge < -0.3 is 16.2 Å². The van der Waals surface area contributed by atoms with Crippen molar-refractivity contribution in [3.63, 3.8) is 0 Å². The zero-order valence-corrected chi connectivity index (χ0v) is 11.2. The van der Waals surface area contributed by atoms with Gasteiger partial charge in [0.1, 0.15) is 6.04 Å². The maximum atomic E-state index is 12.0. The van der Waals surface area contributed by atoms with Gasteiger partial charge in [0, 0.05) is 30.1 Å². The Hall–Kier alpha value is -2.89. The summed E-state index contributed by atoms with van der Waals surface area (Å²) < 4.78 is 0. The predicted octanol–water partition coefficient (Wildman–Crippen LogP) is 1.09. The van der Waals surface area contributed by atoms with Crippen LogP contribution in [0.2, 0.25) is 0 Å². The van der Waals surface area contributed by atoms with Gasteiger partial charge in [0.15, 0.2) is 0 Å². The molecule has 6 nitrogen and oxygen atoms in total. The number of hydrogen-bond acceptors (Lipinski definition) is 4. The lowest BCUT2D eigenvalue weighted by atomic mass is 10.1. The van der Waals surface area contributed by atoms with Gasteiger partial charge in [-0.25, -0.2) is 4.79 Å². The van der Waals surface area contributed by atoms with E-state index in [2.05, 4.69) is 10.3 Å². The normalized spacial score (nSPS) is 11.6. The summed E-state index contributed by atoms with van der Waals surface area (Å²) in [7, 11) is 0. The van der Waals surface area contributed by atoms with Gasteiger partial charge in [-0.05, 0) is 29.8 Å². The highest BCUT2D eigenvalue weighted by Crippen LogP contribution is 2.09. The number of nitrogen functional groups attached to an aromatic ring is 1. The fourth-order valence-electron chi connectivity index (χ4n) is 1.83. The standard InChI is InChI=1S/C15H15N3O3/c16-12-3-1-10(2-4-12)9-13(15(20)21)18-14(19)11-5-7-17-8-6-11/h1-8,13H,9,16H2,(H,18,19)(H,20,21)/t13-/m0/s1. The SMILES string of the molecule is Nc1ccc(C[C@H](NC(=O)c2ccncc2)C(=O)O)cc1. The minimum atomic E-state index is -1.09. The molecular formula is C15H15N3O3. The van der Waals surface area contributed by atoms with Crippen LogP contribution >= 0.6 is 0 Å². The van der Waals surface area contributed by atoms with E-state index >= 15 is 0 Å². The van der Waals surface area contributed by atoms with Crippen molar-refractivity contribution in [2.75, 3.05) is 5.73 Å². The molecule has 0 saturated heterocycles. The van der Waals surface area contributed by atoms with E-state index in [0.29, 0.717) is 11.3 Å². The number of aliphatic carboxylic acids is 1. The van der Waals surface area contributed by atoms with E-state index in [-0.39, 0.29) is 6.42 Å². The van der Waals surface area contributed by atoms with Gasteiger partial charge in [0.05, 0.1) is 0 Å². The molecule has 1 amide bonds. The largest absolute Gasteiger partial charge is 0.480 e. The Labute approximate surface area is 121 Å². The van der Waals surface area contributed by atoms with Crippen LogP contribution in [0.3, 0.4) is 0 Å². The van der Waals surface area contributed by atoms with Crippen molar-refractivity contribution in [2.45, 2.75) is 12.5 Å². The third-order valence-corrected chi connectivity index (χ3v) is 2.97. The quantitative estimate of drug-likeness (QED) is 0.713. The van der Waals surface area contributed by atoms with Crippen LogP contribution in [0.4, 0.5) is 5.69 Å². The van der Waals surface area contributed by atoms with Crippen LogP contribution in [0.15, 0.2) is 48.8 Å². The second-order valence-corrected chi connectivity index (χ2v) is 4.55. The van der Waals surface area contributed by atoms with E-state index in [9.17, 15) is 14.7 Å². The number of nitrogens with one attached hydrogen (secondary N) is 1. The minimum Gasteiger partial charge on any atom is -0.480 e. The number of benzene rings is 1. The fraction of sp³-hybridized carbons (Fsp3) is 0.133. The Kier molecular flexibility index (Phi) is 4.50. The summed E-state index contributed by atoms with van der Waals surface area (Å²) in [6, 6.07) is 8.91. The third kappa shape index (κ3) is 4.04. The van der Waals surface area contributed by atoms with Gasteiger partial charge in [-0.2, -0.15) is 0 Å². The number of nitrogens with zero attached hydrogens (tertiary/aromatic N) is 1. The first-order valence-corrected chi connectivity index (χ1v) is 6.34. The summed E-state index contributed by atoms with van der Waals surface area (Å²) in [5.41, 5.74) is 7.34. The number of carbonyl (C=O) groups is 2. The molecule has 1 atom stereocenters. The summed E-state index contributed by atoms with van der Waals surface area (Å²) in [4.78, 5) is 27.1. The molecule has 4 N–H and O–H groups in total. The van der Waals surface area contributed by atoms with E-state index in [4.69, 9.17) is 5.73 Å². The number of pyridine rings is 1. The molecule has 0 bridgehead atoms. The highest BCUT2D eigenvalue weighted by Gasteiger charge is 2.21. The lowest BCUT2D eigenvalue weighted by Crippen LogP contribution is -2.42. The Morgan fingerprint density at radius 1 is 1.14 bits per heavy atom. The van der Waals surface area contributed by atoms with Gasteiger partial charge in [-0.15, -0.1) is 0 Å². The summed E-state index contributed by atoms with van der Waals surface area (Å²) >= 11 is 0. The number of anilines is 1. The molecule has 0 aliphatic heterocycles. The van der Waals surface area contributed by atoms with Gasteiger partial charge >= 0.3 is 5.97 Å². The van der Waals surface area contributed by atoms with Crippen LogP contribution in [0, 0.1) is 0 Å². The first-order chi connectivity index (χ1) is 10.1. The van der Waals surface area contributed by atoms with E-state index in [1.165, 1.54) is 24.5 Å². The van der Waals surface area contributed by atoms with Crippen molar-refractivity contribution >= 4 is 17.6 Å². The van der Waals surface area contributed by atoms with Crippen LogP contribution in [0.25, 0.3) is 0 Å². The van der Waals surface area contributed by atoms with E-state index < -0.39 is 17.9 Å². The molecule has 0 fully saturated rings. The van der Waals surface area contributed by atoms with Crippen LogP contribution < -0.4 is 11.1 Å². The van der Waals surface area contributed by atoms with Crippen LogP contribution in [0.5, 0.6) is 0 Å². The monoisotopic (exact) mass is 285 g/mol. The number of rotatable bonds is 5. The highest BCUT2D eigenvalue weighted by atomic mass is 16.4. The number of carbonyl (C=O) groups excluding carboxylic acids is 1. The molecule has 1 aromatic carbocycles. The molecule has 0 aliphatic carbocycles. The van der Waals surface area contributed by atoms with Crippen LogP contribution in [-0.2, 0) is 11.2 Å². The van der Waals surface area contributed by atoms with E-state index in [0.717, 1.165) is 5.56 Å². The second kappa shape index (κ2) is 6.51. The Bertz CT molecular complexity index is 626. The molecule has 21 heavy (non-hydrogen) atoms. The summed E-state index contributed by atoms with van der Waals surface area (Å²) in [5.74, 6) is -1.53. The number of hydrogen-bond donors (Lipinski definition) is 3. The number of carboxylic acids is 1. The number of amides is 1. The van der Waals surface area contributed by atoms with E-state index in [1.54, 1.807) is 24.3 Å². The summed E-state index contributed by atoms with van der Waals surface area (Å²) in [6.07, 6.45) is 3.14. The maximum Gasteiger partial charge on any atom is 0.326 e. The number of carboxylic acid groups (broad SMARTS) is 1. The molecule has 1 aromatic heterocycles. The van der Waals surface area contributed by atoms with Crippen molar-refractivity contribution in [3.8, 4) is 0 Å². The van der Waals surface area contributed by atoms with Crippen molar-refractivity contribution in [3.05, 3.63) is 59.9 Å². The average molecular weight is 285 g/mol. The molecule has 2 rings (SSSR count). The van der Waals surface area contributed by atoms with Crippen LogP contribution in [-0.4, -0.2) is 28.0 Å². The maximum absolute atomic E-state index is 12.0. The number of aromatic nitrogens is 1. The second-order valence-electron chi connectivity index (χ2n) is 4.55. The van der Waals surface area contributed by atoms with Gasteiger partial charge in [-0.3, -0.25) is 9.78 Å². The van der Waals surface area contributed by atoms with Crippen molar-refractivity contribution in [2.24, 2.45) is 0 Å². The molecule has 0 saturated carbocycles. The Morgan fingerprint density at radius 3 is 2.33 bits per heavy atom. The molecule has 0 radical (unpaired) electrons. The zero-order chi connectivity index (χ0) is 15.2.